The number of carbonyl (C=O) groups excluding carboxylic acids is 2. The van der Waals surface area contributed by atoms with E-state index in [4.69, 9.17) is 5.73 Å². The van der Waals surface area contributed by atoms with Crippen molar-refractivity contribution in [2.45, 2.75) is 19.5 Å². The molecule has 0 spiro atoms. The number of nitrogens with one attached hydrogen (secondary N) is 3. The zero-order valence-corrected chi connectivity index (χ0v) is 11.6. The van der Waals surface area contributed by atoms with Gasteiger partial charge in [-0.25, -0.2) is 9.78 Å². The SMILES string of the molecule is CC(NC(=O)c1ccc(CNC(N)=O)cc1)c1ncc[nH]1. The van der Waals surface area contributed by atoms with E-state index in [0.717, 1.165) is 5.56 Å². The highest BCUT2D eigenvalue weighted by atomic mass is 16.2. The second-order valence-corrected chi connectivity index (χ2v) is 4.58. The molecule has 0 bridgehead atoms. The Morgan fingerprint density at radius 3 is 2.62 bits per heavy atom. The van der Waals surface area contributed by atoms with Gasteiger partial charge in [-0.15, -0.1) is 0 Å². The van der Waals surface area contributed by atoms with Crippen LogP contribution in [-0.2, 0) is 6.54 Å². The third-order valence-corrected chi connectivity index (χ3v) is 2.96. The molecule has 1 unspecified atom stereocenters. The number of nitrogens with zero attached hydrogens (tertiary/aromatic N) is 1. The van der Waals surface area contributed by atoms with Gasteiger partial charge in [0.05, 0.1) is 6.04 Å². The zero-order valence-electron chi connectivity index (χ0n) is 11.6. The van der Waals surface area contributed by atoms with Crippen LogP contribution in [0.3, 0.4) is 0 Å². The number of H-pyrrole nitrogens is 1. The summed E-state index contributed by atoms with van der Waals surface area (Å²) < 4.78 is 0. The topological polar surface area (TPSA) is 113 Å². The Kier molecular flexibility index (Phi) is 4.55. The van der Waals surface area contributed by atoms with Crippen molar-refractivity contribution >= 4 is 11.9 Å². The van der Waals surface area contributed by atoms with E-state index in [1.54, 1.807) is 36.7 Å². The predicted molar refractivity (Wildman–Crippen MR) is 77.3 cm³/mol. The van der Waals surface area contributed by atoms with E-state index < -0.39 is 6.03 Å². The molecular weight excluding hydrogens is 270 g/mol. The van der Waals surface area contributed by atoms with Gasteiger partial charge in [0.15, 0.2) is 0 Å². The molecule has 2 aromatic rings. The van der Waals surface area contributed by atoms with Crippen molar-refractivity contribution in [1.29, 1.82) is 0 Å². The largest absolute Gasteiger partial charge is 0.352 e. The fraction of sp³-hybridized carbons (Fsp3) is 0.214. The fourth-order valence-corrected chi connectivity index (χ4v) is 1.83. The lowest BCUT2D eigenvalue weighted by molar-refractivity contribution is 0.0938. The molecule has 21 heavy (non-hydrogen) atoms. The van der Waals surface area contributed by atoms with E-state index in [0.29, 0.717) is 17.9 Å². The first-order valence-electron chi connectivity index (χ1n) is 6.48. The van der Waals surface area contributed by atoms with E-state index in [1.807, 2.05) is 6.92 Å². The minimum atomic E-state index is -0.580. The van der Waals surface area contributed by atoms with Gasteiger partial charge in [0, 0.05) is 24.5 Å². The molecule has 0 aliphatic carbocycles. The number of aromatic nitrogens is 2. The molecule has 1 aromatic carbocycles. The lowest BCUT2D eigenvalue weighted by Crippen LogP contribution is -2.29. The number of primary amides is 1. The van der Waals surface area contributed by atoms with Crippen molar-refractivity contribution in [1.82, 2.24) is 20.6 Å². The van der Waals surface area contributed by atoms with Gasteiger partial charge in [-0.1, -0.05) is 12.1 Å². The van der Waals surface area contributed by atoms with E-state index in [9.17, 15) is 9.59 Å². The summed E-state index contributed by atoms with van der Waals surface area (Å²) in [6, 6.07) is 6.14. The van der Waals surface area contributed by atoms with Gasteiger partial charge < -0.3 is 21.4 Å². The number of imidazole rings is 1. The summed E-state index contributed by atoms with van der Waals surface area (Å²) in [4.78, 5) is 29.8. The Balaban J connectivity index is 1.95. The summed E-state index contributed by atoms with van der Waals surface area (Å²) in [6.07, 6.45) is 3.34. The number of benzene rings is 1. The van der Waals surface area contributed by atoms with Crippen LogP contribution in [0.1, 0.15) is 34.7 Å². The molecule has 5 N–H and O–H groups in total. The van der Waals surface area contributed by atoms with Crippen LogP contribution in [-0.4, -0.2) is 21.9 Å². The van der Waals surface area contributed by atoms with Crippen molar-refractivity contribution in [3.63, 3.8) is 0 Å². The van der Waals surface area contributed by atoms with Crippen LogP contribution in [0.15, 0.2) is 36.7 Å². The summed E-state index contributed by atoms with van der Waals surface area (Å²) in [5, 5.41) is 5.33. The Bertz CT molecular complexity index is 607. The Morgan fingerprint density at radius 2 is 2.05 bits per heavy atom. The number of carbonyl (C=O) groups is 2. The maximum atomic E-state index is 12.1. The minimum Gasteiger partial charge on any atom is -0.352 e. The number of hydrogen-bond donors (Lipinski definition) is 4. The van der Waals surface area contributed by atoms with E-state index in [2.05, 4.69) is 20.6 Å². The second kappa shape index (κ2) is 6.56. The van der Waals surface area contributed by atoms with Gasteiger partial charge in [-0.3, -0.25) is 4.79 Å². The van der Waals surface area contributed by atoms with Gasteiger partial charge >= 0.3 is 6.03 Å². The van der Waals surface area contributed by atoms with E-state index in [-0.39, 0.29) is 11.9 Å². The molecule has 0 aliphatic heterocycles. The maximum Gasteiger partial charge on any atom is 0.312 e. The highest BCUT2D eigenvalue weighted by Crippen LogP contribution is 2.09. The third kappa shape index (κ3) is 4.07. The van der Waals surface area contributed by atoms with Crippen LogP contribution >= 0.6 is 0 Å². The molecule has 2 rings (SSSR count). The van der Waals surface area contributed by atoms with Gasteiger partial charge in [-0.2, -0.15) is 0 Å². The molecule has 0 saturated heterocycles. The Hall–Kier alpha value is -2.83. The summed E-state index contributed by atoms with van der Waals surface area (Å²) in [5.41, 5.74) is 6.40. The zero-order chi connectivity index (χ0) is 15.2. The summed E-state index contributed by atoms with van der Waals surface area (Å²) in [5.74, 6) is 0.513. The molecular formula is C14H17N5O2. The van der Waals surface area contributed by atoms with E-state index in [1.165, 1.54) is 0 Å². The molecule has 7 heteroatoms. The highest BCUT2D eigenvalue weighted by Gasteiger charge is 2.12. The van der Waals surface area contributed by atoms with Crippen LogP contribution in [0, 0.1) is 0 Å². The minimum absolute atomic E-state index is 0.187. The molecule has 7 nitrogen and oxygen atoms in total. The predicted octanol–water partition coefficient (Wildman–Crippen LogP) is 1.07. The molecule has 0 saturated carbocycles. The average Bonchev–Trinajstić information content (AvgIpc) is 3.00. The summed E-state index contributed by atoms with van der Waals surface area (Å²) in [7, 11) is 0. The Morgan fingerprint density at radius 1 is 1.33 bits per heavy atom. The number of rotatable bonds is 5. The quantitative estimate of drug-likeness (QED) is 0.659. The van der Waals surface area contributed by atoms with Crippen LogP contribution in [0.2, 0.25) is 0 Å². The van der Waals surface area contributed by atoms with Crippen LogP contribution in [0.4, 0.5) is 4.79 Å². The van der Waals surface area contributed by atoms with Crippen molar-refractivity contribution in [3.05, 3.63) is 53.6 Å². The van der Waals surface area contributed by atoms with Gasteiger partial charge in [0.2, 0.25) is 0 Å². The van der Waals surface area contributed by atoms with E-state index >= 15 is 0 Å². The fourth-order valence-electron chi connectivity index (χ4n) is 1.83. The Labute approximate surface area is 122 Å². The van der Waals surface area contributed by atoms with Crippen molar-refractivity contribution in [2.24, 2.45) is 5.73 Å². The summed E-state index contributed by atoms with van der Waals surface area (Å²) in [6.45, 7) is 2.18. The molecule has 110 valence electrons. The summed E-state index contributed by atoms with van der Waals surface area (Å²) >= 11 is 0. The van der Waals surface area contributed by atoms with Crippen LogP contribution in [0.25, 0.3) is 0 Å². The highest BCUT2D eigenvalue weighted by molar-refractivity contribution is 5.94. The number of nitrogens with two attached hydrogens (primary N) is 1. The number of aromatic amines is 1. The third-order valence-electron chi connectivity index (χ3n) is 2.96. The number of urea groups is 1. The molecule has 0 radical (unpaired) electrons. The van der Waals surface area contributed by atoms with Crippen molar-refractivity contribution < 1.29 is 9.59 Å². The van der Waals surface area contributed by atoms with Gasteiger partial charge in [0.25, 0.3) is 5.91 Å². The van der Waals surface area contributed by atoms with Crippen LogP contribution < -0.4 is 16.4 Å². The molecule has 3 amide bonds. The average molecular weight is 287 g/mol. The molecule has 1 aromatic heterocycles. The molecule has 1 heterocycles. The molecule has 1 atom stereocenters. The molecule has 0 aliphatic rings. The second-order valence-electron chi connectivity index (χ2n) is 4.58. The normalized spacial score (nSPS) is 11.7. The standard InChI is InChI=1S/C14H17N5O2/c1-9(12-16-6-7-17-12)19-13(20)11-4-2-10(3-5-11)8-18-14(15)21/h2-7,9H,8H2,1H3,(H,16,17)(H,19,20)(H3,15,18,21). The first-order valence-corrected chi connectivity index (χ1v) is 6.48. The lowest BCUT2D eigenvalue weighted by atomic mass is 10.1. The number of hydrogen-bond acceptors (Lipinski definition) is 3. The monoisotopic (exact) mass is 287 g/mol. The van der Waals surface area contributed by atoms with Crippen molar-refractivity contribution in [2.75, 3.05) is 0 Å². The first kappa shape index (κ1) is 14.6. The smallest absolute Gasteiger partial charge is 0.312 e. The lowest BCUT2D eigenvalue weighted by Gasteiger charge is -2.11. The number of amides is 3. The first-order chi connectivity index (χ1) is 10.1. The van der Waals surface area contributed by atoms with Gasteiger partial charge in [-0.05, 0) is 24.6 Å². The van der Waals surface area contributed by atoms with Gasteiger partial charge in [0.1, 0.15) is 5.82 Å². The molecule has 0 fully saturated rings. The maximum absolute atomic E-state index is 12.1. The van der Waals surface area contributed by atoms with Crippen LogP contribution in [0.5, 0.6) is 0 Å². The van der Waals surface area contributed by atoms with Crippen molar-refractivity contribution in [3.8, 4) is 0 Å².